The van der Waals surface area contributed by atoms with Crippen LogP contribution < -0.4 is 5.09 Å². The van der Waals surface area contributed by atoms with Crippen LogP contribution in [0.2, 0.25) is 0 Å². The Bertz CT molecular complexity index is 279. The van der Waals surface area contributed by atoms with Crippen molar-refractivity contribution in [1.82, 2.24) is 5.09 Å². The zero-order valence-electron chi connectivity index (χ0n) is 8.96. The van der Waals surface area contributed by atoms with E-state index < -0.39 is 7.29 Å². The van der Waals surface area contributed by atoms with Crippen LogP contribution in [0.3, 0.4) is 0 Å². The lowest BCUT2D eigenvalue weighted by molar-refractivity contribution is 0.412. The third-order valence-corrected chi connectivity index (χ3v) is 5.88. The van der Waals surface area contributed by atoms with Crippen LogP contribution in [-0.4, -0.2) is 18.4 Å². The molecule has 0 amide bonds. The summed E-state index contributed by atoms with van der Waals surface area (Å²) in [4.78, 5) is 0. The van der Waals surface area contributed by atoms with Crippen molar-refractivity contribution in [2.75, 3.05) is 12.3 Å². The fraction of sp³-hybridized carbons (Fsp3) is 0.818. The molecule has 2 aliphatic rings. The van der Waals surface area contributed by atoms with E-state index in [1.807, 2.05) is 0 Å². The van der Waals surface area contributed by atoms with E-state index in [4.69, 9.17) is 0 Å². The van der Waals surface area contributed by atoms with Gasteiger partial charge in [0.25, 0.3) is 0 Å². The van der Waals surface area contributed by atoms with Gasteiger partial charge >= 0.3 is 0 Å². The molecule has 0 saturated heterocycles. The minimum Gasteiger partial charge on any atom is -0.306 e. The molecule has 1 N–H and O–H groups in total. The second kappa shape index (κ2) is 4.20. The molecule has 2 nitrogen and oxygen atoms in total. The zero-order valence-corrected chi connectivity index (χ0v) is 9.85. The first-order valence-corrected chi connectivity index (χ1v) is 7.77. The second-order valence-electron chi connectivity index (χ2n) is 4.74. The summed E-state index contributed by atoms with van der Waals surface area (Å²) in [5, 5.41) is 3.43. The fourth-order valence-corrected chi connectivity index (χ4v) is 5.29. The highest BCUT2D eigenvalue weighted by atomic mass is 31.2. The van der Waals surface area contributed by atoms with Gasteiger partial charge in [-0.05, 0) is 19.8 Å². The Kier molecular flexibility index (Phi) is 3.14. The highest BCUT2D eigenvalue weighted by Crippen LogP contribution is 2.48. The van der Waals surface area contributed by atoms with Crippen molar-refractivity contribution in [3.05, 3.63) is 11.6 Å². The quantitative estimate of drug-likeness (QED) is 0.564. The van der Waals surface area contributed by atoms with Gasteiger partial charge in [0, 0.05) is 18.4 Å². The van der Waals surface area contributed by atoms with Gasteiger partial charge in [-0.25, -0.2) is 0 Å². The van der Waals surface area contributed by atoms with Crippen LogP contribution >= 0.6 is 7.29 Å². The monoisotopic (exact) mass is 213 g/mol. The fourth-order valence-electron chi connectivity index (χ4n) is 2.50. The average molecular weight is 213 g/mol. The Morgan fingerprint density at radius 1 is 1.36 bits per heavy atom. The Labute approximate surface area is 86.6 Å². The number of hydrogen-bond donors (Lipinski definition) is 1. The molecule has 1 heterocycles. The predicted octanol–water partition coefficient (Wildman–Crippen LogP) is 3.15. The predicted molar refractivity (Wildman–Crippen MR) is 61.1 cm³/mol. The molecule has 0 radical (unpaired) electrons. The molecule has 1 unspecified atom stereocenters. The van der Waals surface area contributed by atoms with Crippen LogP contribution in [0.25, 0.3) is 0 Å². The van der Waals surface area contributed by atoms with Crippen LogP contribution in [0.5, 0.6) is 0 Å². The maximum Gasteiger partial charge on any atom is 0.155 e. The van der Waals surface area contributed by atoms with Crippen molar-refractivity contribution in [3.8, 4) is 0 Å². The van der Waals surface area contributed by atoms with E-state index in [0.29, 0.717) is 6.04 Å². The highest BCUT2D eigenvalue weighted by molar-refractivity contribution is 7.62. The molecule has 1 atom stereocenters. The summed E-state index contributed by atoms with van der Waals surface area (Å²) < 4.78 is 12.3. The average Bonchev–Trinajstić information content (AvgIpc) is 2.47. The Balaban J connectivity index is 1.88. The van der Waals surface area contributed by atoms with Gasteiger partial charge < -0.3 is 4.57 Å². The molecule has 1 aliphatic heterocycles. The van der Waals surface area contributed by atoms with Crippen molar-refractivity contribution in [2.24, 2.45) is 0 Å². The van der Waals surface area contributed by atoms with Gasteiger partial charge in [-0.15, -0.1) is 0 Å². The molecular formula is C11H20NOP. The summed E-state index contributed by atoms with van der Waals surface area (Å²) in [6, 6.07) is 0.536. The maximum absolute atomic E-state index is 12.3. The molecular weight excluding hydrogens is 193 g/mol. The summed E-state index contributed by atoms with van der Waals surface area (Å²) >= 11 is 0. The smallest absolute Gasteiger partial charge is 0.155 e. The minimum atomic E-state index is -2.04. The lowest BCUT2D eigenvalue weighted by atomic mass is 9.96. The first-order valence-electron chi connectivity index (χ1n) is 5.69. The van der Waals surface area contributed by atoms with E-state index in [1.165, 1.54) is 37.7 Å². The number of nitrogens with one attached hydrogen (secondary N) is 1. The second-order valence-corrected chi connectivity index (χ2v) is 7.46. The van der Waals surface area contributed by atoms with Crippen LogP contribution in [0.15, 0.2) is 11.6 Å². The topological polar surface area (TPSA) is 29.1 Å². The van der Waals surface area contributed by atoms with Gasteiger partial charge in [-0.2, -0.15) is 0 Å². The Morgan fingerprint density at radius 2 is 2.07 bits per heavy atom. The van der Waals surface area contributed by atoms with Crippen LogP contribution in [0.1, 0.15) is 39.0 Å². The molecule has 0 bridgehead atoms. The Morgan fingerprint density at radius 3 is 2.64 bits per heavy atom. The number of rotatable bonds is 2. The molecule has 0 aromatic heterocycles. The maximum atomic E-state index is 12.3. The molecule has 0 spiro atoms. The normalized spacial score (nSPS) is 34.5. The van der Waals surface area contributed by atoms with Gasteiger partial charge in [-0.3, -0.25) is 5.09 Å². The third kappa shape index (κ3) is 2.49. The molecule has 0 aromatic rings. The first kappa shape index (κ1) is 10.4. The van der Waals surface area contributed by atoms with Gasteiger partial charge in [-0.1, -0.05) is 30.9 Å². The van der Waals surface area contributed by atoms with E-state index in [9.17, 15) is 4.57 Å². The summed E-state index contributed by atoms with van der Waals surface area (Å²) in [6.45, 7) is 2.09. The number of allylic oxidation sites excluding steroid dienone is 2. The molecule has 3 heteroatoms. The van der Waals surface area contributed by atoms with E-state index in [-0.39, 0.29) is 0 Å². The lowest BCUT2D eigenvalue weighted by Gasteiger charge is -2.26. The molecule has 1 aliphatic carbocycles. The van der Waals surface area contributed by atoms with Crippen molar-refractivity contribution in [2.45, 2.75) is 45.1 Å². The molecule has 1 fully saturated rings. The highest BCUT2D eigenvalue weighted by Gasteiger charge is 2.29. The molecule has 14 heavy (non-hydrogen) atoms. The number of hydrogen-bond acceptors (Lipinski definition) is 1. The van der Waals surface area contributed by atoms with Crippen molar-refractivity contribution in [1.29, 1.82) is 0 Å². The summed E-state index contributed by atoms with van der Waals surface area (Å²) in [5.74, 6) is 0. The largest absolute Gasteiger partial charge is 0.306 e. The van der Waals surface area contributed by atoms with Gasteiger partial charge in [0.2, 0.25) is 0 Å². The van der Waals surface area contributed by atoms with Gasteiger partial charge in [0.05, 0.1) is 0 Å². The first-order chi connectivity index (χ1) is 6.68. The SMILES string of the molecule is CC1=CCP(=O)(NC2CCCCC2)C1. The van der Waals surface area contributed by atoms with Crippen LogP contribution in [0, 0.1) is 0 Å². The van der Waals surface area contributed by atoms with Crippen LogP contribution in [0.4, 0.5) is 0 Å². The van der Waals surface area contributed by atoms with Crippen molar-refractivity contribution in [3.63, 3.8) is 0 Å². The van der Waals surface area contributed by atoms with E-state index in [0.717, 1.165) is 12.3 Å². The third-order valence-electron chi connectivity index (χ3n) is 3.26. The van der Waals surface area contributed by atoms with Crippen molar-refractivity contribution < 1.29 is 4.57 Å². The molecule has 1 saturated carbocycles. The molecule has 80 valence electrons. The van der Waals surface area contributed by atoms with Crippen LogP contribution in [-0.2, 0) is 4.57 Å². The van der Waals surface area contributed by atoms with E-state index in [1.54, 1.807) is 0 Å². The molecule has 0 aromatic carbocycles. The minimum absolute atomic E-state index is 0.536. The lowest BCUT2D eigenvalue weighted by Crippen LogP contribution is -2.29. The summed E-state index contributed by atoms with van der Waals surface area (Å²) in [7, 11) is -2.04. The standard InChI is InChI=1S/C11H20NOP/c1-10-7-8-14(13,9-10)12-11-5-3-2-4-6-11/h7,11H,2-6,8-9H2,1H3,(H,12,13). The van der Waals surface area contributed by atoms with Gasteiger partial charge in [0.15, 0.2) is 7.29 Å². The van der Waals surface area contributed by atoms with Crippen molar-refractivity contribution >= 4 is 7.29 Å². The zero-order chi connectivity index (χ0) is 10.0. The Hall–Kier alpha value is -0.0700. The summed E-state index contributed by atoms with van der Waals surface area (Å²) in [5.41, 5.74) is 1.30. The van der Waals surface area contributed by atoms with E-state index >= 15 is 0 Å². The van der Waals surface area contributed by atoms with Gasteiger partial charge in [0.1, 0.15) is 0 Å². The van der Waals surface area contributed by atoms with E-state index in [2.05, 4.69) is 18.1 Å². The summed E-state index contributed by atoms with van der Waals surface area (Å²) in [6.07, 6.45) is 10.2. The molecule has 2 rings (SSSR count).